The van der Waals surface area contributed by atoms with Crippen molar-refractivity contribution in [2.75, 3.05) is 11.9 Å². The predicted molar refractivity (Wildman–Crippen MR) is 136 cm³/mol. The number of carboxylic acid groups (broad SMARTS) is 1. The van der Waals surface area contributed by atoms with Gasteiger partial charge in [0.15, 0.2) is 5.13 Å². The topological polar surface area (TPSA) is 79.3 Å². The van der Waals surface area contributed by atoms with Crippen molar-refractivity contribution >= 4 is 56.0 Å². The lowest BCUT2D eigenvalue weighted by Gasteiger charge is -2.29. The Balaban J connectivity index is 1.36. The third-order valence-electron chi connectivity index (χ3n) is 6.61. The molecule has 0 radical (unpaired) electrons. The average molecular weight is 511 g/mol. The molecule has 1 saturated heterocycles. The quantitative estimate of drug-likeness (QED) is 0.281. The van der Waals surface area contributed by atoms with Crippen LogP contribution in [0.2, 0.25) is 5.02 Å². The minimum Gasteiger partial charge on any atom is -0.435 e. The molecular formula is C26H22ClFN3O3S+. The number of amides is 2. The van der Waals surface area contributed by atoms with Gasteiger partial charge in [-0.25, -0.2) is 14.2 Å². The molecule has 1 aliphatic heterocycles. The van der Waals surface area contributed by atoms with E-state index in [0.29, 0.717) is 18.0 Å². The van der Waals surface area contributed by atoms with Gasteiger partial charge in [-0.15, -0.1) is 0 Å². The largest absolute Gasteiger partial charge is 0.521 e. The molecule has 4 aromatic rings. The highest BCUT2D eigenvalue weighted by Gasteiger charge is 2.53. The van der Waals surface area contributed by atoms with Crippen molar-refractivity contribution in [3.63, 3.8) is 0 Å². The Labute approximate surface area is 210 Å². The standard InChI is InChI=1S/C26H21ClFN3O3S/c1-15-3-2-12-31(15,26(33)34)24(32)20-10-6-17(13-21(20)27)16-4-8-19(9-5-16)29-25-30-22-11-7-18(28)14-23(22)35-25/h4-11,13-15H,2-3,12H2,1H3,(H-,29,30,32,33,34)/p+1/t15-,31?/m1/s1. The SMILES string of the molecule is C[C@@H]1CCC[N+]1(C(=O)O)C(=O)c1ccc(-c2ccc(Nc3nc4ccc(F)cc4s3)cc2)cc1Cl. The summed E-state index contributed by atoms with van der Waals surface area (Å²) in [5.74, 6) is -0.771. The fraction of sp³-hybridized carbons (Fsp3) is 0.192. The van der Waals surface area contributed by atoms with Crippen LogP contribution in [0.3, 0.4) is 0 Å². The first-order valence-electron chi connectivity index (χ1n) is 11.2. The molecule has 35 heavy (non-hydrogen) atoms. The molecular weight excluding hydrogens is 489 g/mol. The van der Waals surface area contributed by atoms with Crippen molar-refractivity contribution in [2.24, 2.45) is 0 Å². The number of rotatable bonds is 4. The number of nitrogens with one attached hydrogen (secondary N) is 1. The number of nitrogens with zero attached hydrogens (tertiary/aromatic N) is 2. The monoisotopic (exact) mass is 510 g/mol. The summed E-state index contributed by atoms with van der Waals surface area (Å²) in [6.07, 6.45) is 0.229. The number of imide groups is 1. The van der Waals surface area contributed by atoms with E-state index in [2.05, 4.69) is 10.3 Å². The summed E-state index contributed by atoms with van der Waals surface area (Å²) in [7, 11) is 0. The van der Waals surface area contributed by atoms with Crippen molar-refractivity contribution in [1.29, 1.82) is 0 Å². The van der Waals surface area contributed by atoms with E-state index >= 15 is 0 Å². The van der Waals surface area contributed by atoms with Gasteiger partial charge in [0, 0.05) is 18.5 Å². The van der Waals surface area contributed by atoms with Gasteiger partial charge in [-0.05, 0) is 60.5 Å². The molecule has 1 aliphatic rings. The zero-order valence-electron chi connectivity index (χ0n) is 18.8. The Morgan fingerprint density at radius 2 is 1.86 bits per heavy atom. The number of thiazole rings is 1. The number of anilines is 2. The minimum atomic E-state index is -1.14. The van der Waals surface area contributed by atoms with E-state index in [-0.39, 0.29) is 29.0 Å². The summed E-state index contributed by atoms with van der Waals surface area (Å²) in [4.78, 5) is 29.8. The second-order valence-corrected chi connectivity index (χ2v) is 10.1. The Morgan fingerprint density at radius 3 is 2.51 bits per heavy atom. The van der Waals surface area contributed by atoms with Crippen LogP contribution in [0.5, 0.6) is 0 Å². The van der Waals surface area contributed by atoms with Crippen LogP contribution in [0, 0.1) is 5.82 Å². The molecule has 178 valence electrons. The first-order valence-corrected chi connectivity index (χ1v) is 12.4. The Kier molecular flexibility index (Phi) is 6.04. The van der Waals surface area contributed by atoms with E-state index < -0.39 is 16.5 Å². The van der Waals surface area contributed by atoms with Gasteiger partial charge in [-0.2, -0.15) is 9.28 Å². The van der Waals surface area contributed by atoms with E-state index in [0.717, 1.165) is 27.0 Å². The molecule has 1 fully saturated rings. The van der Waals surface area contributed by atoms with Gasteiger partial charge in [0.25, 0.3) is 0 Å². The maximum atomic E-state index is 13.4. The first kappa shape index (κ1) is 23.4. The average Bonchev–Trinajstić information content (AvgIpc) is 3.42. The maximum Gasteiger partial charge on any atom is 0.521 e. The molecule has 1 unspecified atom stereocenters. The van der Waals surface area contributed by atoms with Gasteiger partial charge in [-0.3, -0.25) is 0 Å². The fourth-order valence-electron chi connectivity index (χ4n) is 4.65. The van der Waals surface area contributed by atoms with Gasteiger partial charge in [0.05, 0.1) is 27.3 Å². The molecule has 2 N–H and O–H groups in total. The zero-order valence-corrected chi connectivity index (χ0v) is 20.4. The van der Waals surface area contributed by atoms with E-state index in [1.54, 1.807) is 31.2 Å². The molecule has 5 rings (SSSR count). The highest BCUT2D eigenvalue weighted by Crippen LogP contribution is 2.35. The van der Waals surface area contributed by atoms with Crippen LogP contribution in [0.4, 0.5) is 20.0 Å². The highest BCUT2D eigenvalue weighted by molar-refractivity contribution is 7.22. The van der Waals surface area contributed by atoms with E-state index in [1.807, 2.05) is 24.3 Å². The summed E-state index contributed by atoms with van der Waals surface area (Å²) >= 11 is 7.86. The number of hydrogen-bond donors (Lipinski definition) is 2. The number of likely N-dealkylation sites (tertiary alicyclic amines) is 1. The molecule has 2 atom stereocenters. The molecule has 1 aromatic heterocycles. The van der Waals surface area contributed by atoms with Gasteiger partial charge in [0.1, 0.15) is 11.9 Å². The molecule has 3 aromatic carbocycles. The third-order valence-corrected chi connectivity index (χ3v) is 7.85. The summed E-state index contributed by atoms with van der Waals surface area (Å²) in [5.41, 5.74) is 3.47. The van der Waals surface area contributed by atoms with Crippen molar-refractivity contribution in [3.8, 4) is 11.1 Å². The van der Waals surface area contributed by atoms with Crippen LogP contribution < -0.4 is 5.32 Å². The minimum absolute atomic E-state index is 0.220. The lowest BCUT2D eigenvalue weighted by Crippen LogP contribution is -2.58. The van der Waals surface area contributed by atoms with Crippen LogP contribution in [-0.2, 0) is 0 Å². The summed E-state index contributed by atoms with van der Waals surface area (Å²) in [5, 5.41) is 14.0. The third kappa shape index (κ3) is 4.18. The lowest BCUT2D eigenvalue weighted by atomic mass is 10.0. The number of carbonyl (C=O) groups excluding carboxylic acids is 1. The van der Waals surface area contributed by atoms with Crippen LogP contribution in [0.1, 0.15) is 30.1 Å². The van der Waals surface area contributed by atoms with Crippen molar-refractivity contribution in [3.05, 3.63) is 77.1 Å². The van der Waals surface area contributed by atoms with Crippen LogP contribution >= 0.6 is 22.9 Å². The number of carbonyl (C=O) groups is 2. The van der Waals surface area contributed by atoms with E-state index in [9.17, 15) is 19.1 Å². The zero-order chi connectivity index (χ0) is 24.7. The summed E-state index contributed by atoms with van der Waals surface area (Å²) in [6, 6.07) is 16.9. The fourth-order valence-corrected chi connectivity index (χ4v) is 5.83. The summed E-state index contributed by atoms with van der Waals surface area (Å²) in [6.45, 7) is 2.06. The molecule has 0 saturated carbocycles. The number of fused-ring (bicyclic) bond motifs is 1. The van der Waals surface area contributed by atoms with E-state index in [4.69, 9.17) is 11.6 Å². The lowest BCUT2D eigenvalue weighted by molar-refractivity contribution is -0.785. The van der Waals surface area contributed by atoms with Gasteiger partial charge >= 0.3 is 12.0 Å². The summed E-state index contributed by atoms with van der Waals surface area (Å²) < 4.78 is 13.6. The smallest absolute Gasteiger partial charge is 0.435 e. The van der Waals surface area contributed by atoms with Gasteiger partial charge < -0.3 is 10.4 Å². The normalized spacial score (nSPS) is 19.7. The number of quaternary nitrogens is 1. The van der Waals surface area contributed by atoms with Crippen molar-refractivity contribution in [2.45, 2.75) is 25.8 Å². The number of halogens is 2. The number of benzene rings is 3. The number of hydrogen-bond acceptors (Lipinski definition) is 5. The number of aromatic nitrogens is 1. The van der Waals surface area contributed by atoms with Crippen LogP contribution in [0.25, 0.3) is 21.3 Å². The maximum absolute atomic E-state index is 13.4. The second kappa shape index (κ2) is 9.03. The first-order chi connectivity index (χ1) is 16.8. The molecule has 0 bridgehead atoms. The highest BCUT2D eigenvalue weighted by atomic mass is 35.5. The van der Waals surface area contributed by atoms with Crippen LogP contribution in [0.15, 0.2) is 60.7 Å². The second-order valence-electron chi connectivity index (χ2n) is 8.70. The van der Waals surface area contributed by atoms with Crippen molar-refractivity contribution < 1.29 is 23.6 Å². The molecule has 2 amide bonds. The Morgan fingerprint density at radius 1 is 1.11 bits per heavy atom. The molecule has 6 nitrogen and oxygen atoms in total. The molecule has 0 spiro atoms. The molecule has 0 aliphatic carbocycles. The van der Waals surface area contributed by atoms with Gasteiger partial charge in [0.2, 0.25) is 0 Å². The van der Waals surface area contributed by atoms with E-state index in [1.165, 1.54) is 23.5 Å². The molecule has 9 heteroatoms. The Hall–Kier alpha value is -3.33. The van der Waals surface area contributed by atoms with Crippen LogP contribution in [-0.4, -0.2) is 39.2 Å². The predicted octanol–water partition coefficient (Wildman–Crippen LogP) is 7.32. The van der Waals surface area contributed by atoms with Crippen molar-refractivity contribution in [1.82, 2.24) is 4.98 Å². The molecule has 2 heterocycles. The van der Waals surface area contributed by atoms with Gasteiger partial charge in [-0.1, -0.05) is 41.1 Å². The Bertz CT molecular complexity index is 1460.